The minimum atomic E-state index is 0.316. The maximum absolute atomic E-state index is 12.7. The molecule has 2 atom stereocenters. The van der Waals surface area contributed by atoms with Gasteiger partial charge in [0.1, 0.15) is 0 Å². The molecule has 1 amide bonds. The van der Waals surface area contributed by atoms with Crippen LogP contribution in [0.15, 0.2) is 24.3 Å². The van der Waals surface area contributed by atoms with Crippen molar-refractivity contribution in [3.8, 4) is 0 Å². The Kier molecular flexibility index (Phi) is 5.04. The van der Waals surface area contributed by atoms with Gasteiger partial charge in [-0.05, 0) is 50.3 Å². The molecular formula is C20H27N3OS. The summed E-state index contributed by atoms with van der Waals surface area (Å²) in [4.78, 5) is 21.9. The molecule has 3 heterocycles. The first kappa shape index (κ1) is 17.0. The van der Waals surface area contributed by atoms with E-state index in [1.807, 2.05) is 11.3 Å². The maximum atomic E-state index is 12.7. The molecule has 4 rings (SSSR count). The van der Waals surface area contributed by atoms with E-state index in [0.717, 1.165) is 44.5 Å². The predicted octanol–water partition coefficient (Wildman–Crippen LogP) is 3.73. The maximum Gasteiger partial charge on any atom is 0.236 e. The number of piperidine rings is 2. The molecule has 1 aromatic heterocycles. The van der Waals surface area contributed by atoms with Crippen molar-refractivity contribution in [2.45, 2.75) is 38.5 Å². The van der Waals surface area contributed by atoms with Crippen LogP contribution in [0, 0.1) is 5.92 Å². The summed E-state index contributed by atoms with van der Waals surface area (Å²) in [6.07, 6.45) is 4.75. The number of amides is 1. The zero-order valence-electron chi connectivity index (χ0n) is 15.0. The fourth-order valence-electron chi connectivity index (χ4n) is 4.17. The van der Waals surface area contributed by atoms with Crippen LogP contribution in [0.2, 0.25) is 0 Å². The van der Waals surface area contributed by atoms with Gasteiger partial charge in [-0.1, -0.05) is 19.1 Å². The van der Waals surface area contributed by atoms with Gasteiger partial charge in [-0.25, -0.2) is 4.98 Å². The molecule has 0 radical (unpaired) electrons. The summed E-state index contributed by atoms with van der Waals surface area (Å²) < 4.78 is 1.27. The smallest absolute Gasteiger partial charge is 0.236 e. The van der Waals surface area contributed by atoms with Crippen molar-refractivity contribution in [3.63, 3.8) is 0 Å². The SMILES string of the molecule is C[C@@H]1CCCN(C(=O)CN2CCC[C@H](c3nc4ccccc4s3)C2)C1. The molecule has 2 aliphatic rings. The number of rotatable bonds is 3. The van der Waals surface area contributed by atoms with Crippen LogP contribution >= 0.6 is 11.3 Å². The van der Waals surface area contributed by atoms with Gasteiger partial charge in [0.2, 0.25) is 5.91 Å². The van der Waals surface area contributed by atoms with Gasteiger partial charge in [-0.2, -0.15) is 0 Å². The standard InChI is InChI=1S/C20H27N3OS/c1-15-6-4-11-23(12-15)19(24)14-22-10-5-7-16(13-22)20-21-17-8-2-3-9-18(17)25-20/h2-3,8-9,15-16H,4-7,10-14H2,1H3/t15-,16+/m1/s1. The zero-order chi connectivity index (χ0) is 17.2. The van der Waals surface area contributed by atoms with E-state index < -0.39 is 0 Å². The lowest BCUT2D eigenvalue weighted by Crippen LogP contribution is -2.46. The first-order valence-electron chi connectivity index (χ1n) is 9.54. The molecule has 5 heteroatoms. The number of benzene rings is 1. The summed E-state index contributed by atoms with van der Waals surface area (Å²) in [5.74, 6) is 1.44. The van der Waals surface area contributed by atoms with Gasteiger partial charge in [0.25, 0.3) is 0 Å². The van der Waals surface area contributed by atoms with E-state index in [0.29, 0.717) is 24.3 Å². The van der Waals surface area contributed by atoms with E-state index in [9.17, 15) is 4.79 Å². The van der Waals surface area contributed by atoms with Crippen molar-refractivity contribution in [2.24, 2.45) is 5.92 Å². The molecule has 0 spiro atoms. The highest BCUT2D eigenvalue weighted by molar-refractivity contribution is 7.18. The van der Waals surface area contributed by atoms with Gasteiger partial charge in [0.05, 0.1) is 21.8 Å². The van der Waals surface area contributed by atoms with Gasteiger partial charge in [-0.15, -0.1) is 11.3 Å². The number of hydrogen-bond acceptors (Lipinski definition) is 4. The number of hydrogen-bond donors (Lipinski definition) is 0. The van der Waals surface area contributed by atoms with Gasteiger partial charge in [-0.3, -0.25) is 9.69 Å². The van der Waals surface area contributed by atoms with Crippen molar-refractivity contribution in [1.82, 2.24) is 14.8 Å². The van der Waals surface area contributed by atoms with Crippen LogP contribution in [0.5, 0.6) is 0 Å². The lowest BCUT2D eigenvalue weighted by atomic mass is 9.98. The topological polar surface area (TPSA) is 36.4 Å². The number of para-hydroxylation sites is 1. The van der Waals surface area contributed by atoms with Gasteiger partial charge in [0, 0.05) is 25.6 Å². The summed E-state index contributed by atoms with van der Waals surface area (Å²) in [5, 5.41) is 1.24. The van der Waals surface area contributed by atoms with Crippen LogP contribution in [0.3, 0.4) is 0 Å². The zero-order valence-corrected chi connectivity index (χ0v) is 15.8. The van der Waals surface area contributed by atoms with Crippen molar-refractivity contribution in [3.05, 3.63) is 29.3 Å². The Morgan fingerprint density at radius 2 is 2.04 bits per heavy atom. The molecule has 2 fully saturated rings. The molecule has 25 heavy (non-hydrogen) atoms. The third-order valence-corrected chi connectivity index (χ3v) is 6.73. The Balaban J connectivity index is 1.39. The minimum absolute atomic E-state index is 0.316. The van der Waals surface area contributed by atoms with E-state index in [4.69, 9.17) is 4.98 Å². The van der Waals surface area contributed by atoms with Gasteiger partial charge in [0.15, 0.2) is 0 Å². The number of aromatic nitrogens is 1. The molecule has 2 saturated heterocycles. The van der Waals surface area contributed by atoms with Gasteiger partial charge < -0.3 is 4.90 Å². The van der Waals surface area contributed by atoms with E-state index in [1.54, 1.807) is 0 Å². The number of likely N-dealkylation sites (tertiary alicyclic amines) is 2. The van der Waals surface area contributed by atoms with Crippen molar-refractivity contribution in [1.29, 1.82) is 0 Å². The molecular weight excluding hydrogens is 330 g/mol. The molecule has 0 N–H and O–H groups in total. The molecule has 0 bridgehead atoms. The van der Waals surface area contributed by atoms with Gasteiger partial charge >= 0.3 is 0 Å². The van der Waals surface area contributed by atoms with E-state index in [-0.39, 0.29) is 0 Å². The Morgan fingerprint density at radius 3 is 2.88 bits per heavy atom. The lowest BCUT2D eigenvalue weighted by molar-refractivity contribution is -0.134. The quantitative estimate of drug-likeness (QED) is 0.840. The number of thiazole rings is 1. The lowest BCUT2D eigenvalue weighted by Gasteiger charge is -2.35. The largest absolute Gasteiger partial charge is 0.341 e. The second-order valence-electron chi connectivity index (χ2n) is 7.68. The summed E-state index contributed by atoms with van der Waals surface area (Å²) >= 11 is 1.82. The highest BCUT2D eigenvalue weighted by atomic mass is 32.1. The third kappa shape index (κ3) is 3.87. The van der Waals surface area contributed by atoms with Crippen LogP contribution in [0.4, 0.5) is 0 Å². The average Bonchev–Trinajstić information content (AvgIpc) is 3.06. The Morgan fingerprint density at radius 1 is 1.20 bits per heavy atom. The Hall–Kier alpha value is -1.46. The molecule has 4 nitrogen and oxygen atoms in total. The molecule has 0 aliphatic carbocycles. The molecule has 0 unspecified atom stereocenters. The molecule has 0 saturated carbocycles. The number of carbonyl (C=O) groups excluding carboxylic acids is 1. The second-order valence-corrected chi connectivity index (χ2v) is 8.74. The van der Waals surface area contributed by atoms with E-state index in [1.165, 1.54) is 22.5 Å². The summed E-state index contributed by atoms with van der Waals surface area (Å²) in [6, 6.07) is 8.38. The van der Waals surface area contributed by atoms with Crippen LogP contribution in [-0.2, 0) is 4.79 Å². The first-order valence-corrected chi connectivity index (χ1v) is 10.4. The van der Waals surface area contributed by atoms with Crippen LogP contribution in [-0.4, -0.2) is 53.4 Å². The Bertz CT molecular complexity index is 710. The molecule has 134 valence electrons. The minimum Gasteiger partial charge on any atom is -0.341 e. The van der Waals surface area contributed by atoms with E-state index in [2.05, 4.69) is 41.0 Å². The number of nitrogens with zero attached hydrogens (tertiary/aromatic N) is 3. The number of fused-ring (bicyclic) bond motifs is 1. The summed E-state index contributed by atoms with van der Waals surface area (Å²) in [5.41, 5.74) is 1.11. The summed E-state index contributed by atoms with van der Waals surface area (Å²) in [7, 11) is 0. The first-order chi connectivity index (χ1) is 12.2. The highest BCUT2D eigenvalue weighted by Crippen LogP contribution is 2.33. The van der Waals surface area contributed by atoms with Crippen molar-refractivity contribution >= 4 is 27.5 Å². The molecule has 1 aromatic carbocycles. The highest BCUT2D eigenvalue weighted by Gasteiger charge is 2.27. The normalized spacial score (nSPS) is 25.4. The fourth-order valence-corrected chi connectivity index (χ4v) is 5.27. The average molecular weight is 358 g/mol. The Labute approximate surface area is 153 Å². The predicted molar refractivity (Wildman–Crippen MR) is 103 cm³/mol. The van der Waals surface area contributed by atoms with Crippen LogP contribution < -0.4 is 0 Å². The fraction of sp³-hybridized carbons (Fsp3) is 0.600. The number of carbonyl (C=O) groups is 1. The van der Waals surface area contributed by atoms with Crippen molar-refractivity contribution < 1.29 is 4.79 Å². The molecule has 2 aliphatic heterocycles. The van der Waals surface area contributed by atoms with Crippen molar-refractivity contribution in [2.75, 3.05) is 32.7 Å². The van der Waals surface area contributed by atoms with Crippen LogP contribution in [0.1, 0.15) is 43.5 Å². The monoisotopic (exact) mass is 357 g/mol. The van der Waals surface area contributed by atoms with E-state index >= 15 is 0 Å². The molecule has 2 aromatic rings. The summed E-state index contributed by atoms with van der Waals surface area (Å²) in [6.45, 7) is 6.72. The second kappa shape index (κ2) is 7.42. The van der Waals surface area contributed by atoms with Crippen LogP contribution in [0.25, 0.3) is 10.2 Å². The third-order valence-electron chi connectivity index (χ3n) is 5.53.